The molecule has 1 aliphatic rings. The number of nitrogens with zero attached hydrogens (tertiary/aromatic N) is 1. The van der Waals surface area contributed by atoms with Crippen molar-refractivity contribution in [3.05, 3.63) is 69.6 Å². The summed E-state index contributed by atoms with van der Waals surface area (Å²) in [6.45, 7) is 7.95. The van der Waals surface area contributed by atoms with Crippen LogP contribution >= 0.6 is 11.3 Å². The minimum Gasteiger partial charge on any atom is -0.493 e. The summed E-state index contributed by atoms with van der Waals surface area (Å²) in [5, 5.41) is 22.5. The first-order valence-corrected chi connectivity index (χ1v) is 13.8. The Hall–Kier alpha value is -4.18. The van der Waals surface area contributed by atoms with Gasteiger partial charge in [0, 0.05) is 40.7 Å². The number of Topliss-reactive ketones (excluding diaryl/α,β-unsaturated/α-hetero) is 1. The standard InChI is InChI=1S/C30H33N3O6S/c1-6-38-24-12-18-14-33(28(31)19(18)13-20(24)29(37)32-5)15-23(34)17-10-21(25-8-7-9-40-25)27(39-16-26(35)36)22(11-17)30(2,3)4/h7-13,31H,6,14-16H2,1-5H3,(H,32,37)(H,35,36). The number of amidine groups is 1. The number of rotatable bonds is 10. The summed E-state index contributed by atoms with van der Waals surface area (Å²) in [6, 6.07) is 10.7. The number of carbonyl (C=O) groups excluding carboxylic acids is 2. The van der Waals surface area contributed by atoms with Crippen LogP contribution in [0.15, 0.2) is 41.8 Å². The SMILES string of the molecule is CCOc1cc2c(cc1C(=O)NC)C(=N)N(CC(=O)c1cc(-c3cccs3)c(OCC(=O)O)c(C(C)(C)C)c1)C2. The fourth-order valence-electron chi connectivity index (χ4n) is 4.67. The van der Waals surface area contributed by atoms with Crippen LogP contribution in [-0.2, 0) is 16.8 Å². The van der Waals surface area contributed by atoms with Gasteiger partial charge in [0.1, 0.15) is 17.3 Å². The molecule has 0 saturated heterocycles. The van der Waals surface area contributed by atoms with Crippen molar-refractivity contribution >= 4 is 34.8 Å². The molecule has 0 aliphatic carbocycles. The third-order valence-corrected chi connectivity index (χ3v) is 7.49. The number of ether oxygens (including phenoxy) is 2. The highest BCUT2D eigenvalue weighted by molar-refractivity contribution is 7.13. The molecule has 10 heteroatoms. The van der Waals surface area contributed by atoms with Crippen LogP contribution in [0.4, 0.5) is 0 Å². The van der Waals surface area contributed by atoms with E-state index in [9.17, 15) is 19.5 Å². The number of aliphatic carboxylic acids is 1. The van der Waals surface area contributed by atoms with Gasteiger partial charge in [0.2, 0.25) is 0 Å². The van der Waals surface area contributed by atoms with Gasteiger partial charge in [0.25, 0.3) is 5.91 Å². The van der Waals surface area contributed by atoms with E-state index >= 15 is 0 Å². The van der Waals surface area contributed by atoms with Crippen LogP contribution in [-0.4, -0.2) is 60.3 Å². The average molecular weight is 564 g/mol. The van der Waals surface area contributed by atoms with Gasteiger partial charge in [-0.25, -0.2) is 4.79 Å². The van der Waals surface area contributed by atoms with Gasteiger partial charge in [-0.15, -0.1) is 11.3 Å². The van der Waals surface area contributed by atoms with Crippen LogP contribution in [0.1, 0.15) is 65.1 Å². The summed E-state index contributed by atoms with van der Waals surface area (Å²) in [7, 11) is 1.54. The van der Waals surface area contributed by atoms with Crippen molar-refractivity contribution < 1.29 is 29.0 Å². The predicted molar refractivity (Wildman–Crippen MR) is 154 cm³/mol. The summed E-state index contributed by atoms with van der Waals surface area (Å²) in [5.41, 5.74) is 3.11. The number of benzene rings is 2. The molecule has 2 heterocycles. The van der Waals surface area contributed by atoms with E-state index < -0.39 is 18.0 Å². The Morgan fingerprint density at radius 1 is 1.12 bits per heavy atom. The largest absolute Gasteiger partial charge is 0.493 e. The average Bonchev–Trinajstić information content (AvgIpc) is 3.54. The van der Waals surface area contributed by atoms with E-state index in [0.29, 0.717) is 46.9 Å². The number of hydrogen-bond donors (Lipinski definition) is 3. The summed E-state index contributed by atoms with van der Waals surface area (Å²) >= 11 is 1.47. The molecule has 9 nitrogen and oxygen atoms in total. The molecule has 3 N–H and O–H groups in total. The fraction of sp³-hybridized carbons (Fsp3) is 0.333. The summed E-state index contributed by atoms with van der Waals surface area (Å²) < 4.78 is 11.5. The molecule has 0 saturated carbocycles. The van der Waals surface area contributed by atoms with Gasteiger partial charge >= 0.3 is 5.97 Å². The molecule has 0 unspecified atom stereocenters. The molecule has 0 fully saturated rings. The van der Waals surface area contributed by atoms with Crippen molar-refractivity contribution in [1.29, 1.82) is 5.41 Å². The smallest absolute Gasteiger partial charge is 0.341 e. The molecule has 0 bridgehead atoms. The summed E-state index contributed by atoms with van der Waals surface area (Å²) in [4.78, 5) is 40.0. The summed E-state index contributed by atoms with van der Waals surface area (Å²) in [6.07, 6.45) is 0. The Bertz CT molecular complexity index is 1470. The van der Waals surface area contributed by atoms with Crippen LogP contribution in [0.2, 0.25) is 0 Å². The number of carboxylic acid groups (broad SMARTS) is 1. The second kappa shape index (κ2) is 11.5. The zero-order valence-corrected chi connectivity index (χ0v) is 24.0. The number of hydrogen-bond acceptors (Lipinski definition) is 7. The number of nitrogens with one attached hydrogen (secondary N) is 2. The molecular weight excluding hydrogens is 530 g/mol. The van der Waals surface area contributed by atoms with Gasteiger partial charge < -0.3 is 24.8 Å². The second-order valence-corrected chi connectivity index (χ2v) is 11.4. The monoisotopic (exact) mass is 563 g/mol. The topological polar surface area (TPSA) is 129 Å². The zero-order chi connectivity index (χ0) is 29.2. The van der Waals surface area contributed by atoms with E-state index in [1.54, 1.807) is 29.2 Å². The Kier molecular flexibility index (Phi) is 8.29. The maximum atomic E-state index is 13.7. The molecular formula is C30H33N3O6S. The normalized spacial score (nSPS) is 12.7. The van der Waals surface area contributed by atoms with E-state index in [-0.39, 0.29) is 24.1 Å². The van der Waals surface area contributed by atoms with Crippen molar-refractivity contribution in [2.24, 2.45) is 0 Å². The van der Waals surface area contributed by atoms with Crippen molar-refractivity contribution in [1.82, 2.24) is 10.2 Å². The number of ketones is 1. The van der Waals surface area contributed by atoms with Crippen LogP contribution in [0.5, 0.6) is 11.5 Å². The van der Waals surface area contributed by atoms with E-state index in [2.05, 4.69) is 5.32 Å². The lowest BCUT2D eigenvalue weighted by molar-refractivity contribution is -0.139. The molecule has 0 radical (unpaired) electrons. The summed E-state index contributed by atoms with van der Waals surface area (Å²) in [5.74, 6) is -0.546. The van der Waals surface area contributed by atoms with Crippen LogP contribution in [0.3, 0.4) is 0 Å². The van der Waals surface area contributed by atoms with Crippen molar-refractivity contribution in [2.75, 3.05) is 26.8 Å². The van der Waals surface area contributed by atoms with E-state index in [0.717, 1.165) is 16.0 Å². The fourth-order valence-corrected chi connectivity index (χ4v) is 5.41. The first-order chi connectivity index (χ1) is 18.9. The molecule has 1 amide bonds. The number of carboxylic acids is 1. The van der Waals surface area contributed by atoms with E-state index in [4.69, 9.17) is 14.9 Å². The van der Waals surface area contributed by atoms with Crippen molar-refractivity contribution in [2.45, 2.75) is 39.7 Å². The zero-order valence-electron chi connectivity index (χ0n) is 23.2. The van der Waals surface area contributed by atoms with Crippen LogP contribution in [0, 0.1) is 5.41 Å². The first kappa shape index (κ1) is 28.8. The molecule has 2 aromatic carbocycles. The maximum Gasteiger partial charge on any atom is 0.341 e. The van der Waals surface area contributed by atoms with Gasteiger partial charge in [-0.2, -0.15) is 0 Å². The lowest BCUT2D eigenvalue weighted by atomic mass is 9.83. The van der Waals surface area contributed by atoms with Crippen molar-refractivity contribution in [3.8, 4) is 21.9 Å². The van der Waals surface area contributed by atoms with Gasteiger partial charge in [0.05, 0.1) is 18.7 Å². The molecule has 0 spiro atoms. The highest BCUT2D eigenvalue weighted by Gasteiger charge is 2.31. The van der Waals surface area contributed by atoms with E-state index in [1.165, 1.54) is 18.4 Å². The molecule has 210 valence electrons. The minimum atomic E-state index is -1.09. The quantitative estimate of drug-likeness (QED) is 0.298. The molecule has 1 aromatic heterocycles. The van der Waals surface area contributed by atoms with Gasteiger partial charge in [0.15, 0.2) is 12.4 Å². The number of thiophene rings is 1. The van der Waals surface area contributed by atoms with Crippen LogP contribution < -0.4 is 14.8 Å². The Balaban J connectivity index is 1.69. The van der Waals surface area contributed by atoms with E-state index in [1.807, 2.05) is 45.2 Å². The molecule has 0 atom stereocenters. The highest BCUT2D eigenvalue weighted by atomic mass is 32.1. The van der Waals surface area contributed by atoms with Gasteiger partial charge in [-0.3, -0.25) is 15.0 Å². The third kappa shape index (κ3) is 5.86. The molecule has 40 heavy (non-hydrogen) atoms. The lowest BCUT2D eigenvalue weighted by Gasteiger charge is -2.26. The van der Waals surface area contributed by atoms with Crippen molar-refractivity contribution in [3.63, 3.8) is 0 Å². The number of amides is 1. The number of carbonyl (C=O) groups is 3. The maximum absolute atomic E-state index is 13.7. The van der Waals surface area contributed by atoms with Gasteiger partial charge in [-0.1, -0.05) is 26.8 Å². The lowest BCUT2D eigenvalue weighted by Crippen LogP contribution is -2.30. The predicted octanol–water partition coefficient (Wildman–Crippen LogP) is 4.96. The Morgan fingerprint density at radius 3 is 2.48 bits per heavy atom. The van der Waals surface area contributed by atoms with Crippen LogP contribution in [0.25, 0.3) is 10.4 Å². The molecule has 1 aliphatic heterocycles. The molecule has 4 rings (SSSR count). The highest BCUT2D eigenvalue weighted by Crippen LogP contribution is 2.42. The second-order valence-electron chi connectivity index (χ2n) is 10.5. The van der Waals surface area contributed by atoms with Gasteiger partial charge in [-0.05, 0) is 53.6 Å². The Labute approximate surface area is 237 Å². The molecule has 3 aromatic rings. The third-order valence-electron chi connectivity index (χ3n) is 6.59. The first-order valence-electron chi connectivity index (χ1n) is 12.9. The Morgan fingerprint density at radius 2 is 1.88 bits per heavy atom. The minimum absolute atomic E-state index is 0.0460. The number of fused-ring (bicyclic) bond motifs is 1.